The fraction of sp³-hybridized carbons (Fsp3) is 0.462. The van der Waals surface area contributed by atoms with E-state index in [0.717, 1.165) is 21.6 Å². The summed E-state index contributed by atoms with van der Waals surface area (Å²) in [7, 11) is 0. The van der Waals surface area contributed by atoms with Crippen molar-refractivity contribution < 1.29 is 8.78 Å². The summed E-state index contributed by atoms with van der Waals surface area (Å²) >= 11 is 1.56. The maximum atomic E-state index is 13.4. The van der Waals surface area contributed by atoms with E-state index in [1.165, 1.54) is 0 Å². The second-order valence-corrected chi connectivity index (χ2v) is 5.73. The van der Waals surface area contributed by atoms with Gasteiger partial charge in [-0.1, -0.05) is 12.1 Å². The van der Waals surface area contributed by atoms with Gasteiger partial charge in [0.25, 0.3) is 0 Å². The first-order valence-corrected chi connectivity index (χ1v) is 6.69. The van der Waals surface area contributed by atoms with Gasteiger partial charge < -0.3 is 0 Å². The normalized spacial score (nSPS) is 24.0. The smallest absolute Gasteiger partial charge is 0.241 e. The van der Waals surface area contributed by atoms with Crippen LogP contribution in [0.25, 0.3) is 10.2 Å². The first kappa shape index (κ1) is 11.1. The maximum Gasteiger partial charge on any atom is 0.248 e. The van der Waals surface area contributed by atoms with Crippen molar-refractivity contribution in [3.8, 4) is 0 Å². The van der Waals surface area contributed by atoms with Crippen LogP contribution in [-0.4, -0.2) is 10.9 Å². The molecule has 1 saturated carbocycles. The monoisotopic (exact) mass is 253 g/mol. The van der Waals surface area contributed by atoms with Crippen LogP contribution in [0.4, 0.5) is 8.78 Å². The summed E-state index contributed by atoms with van der Waals surface area (Å²) in [5, 5.41) is 0.880. The zero-order valence-electron chi connectivity index (χ0n) is 9.33. The average molecular weight is 253 g/mol. The minimum absolute atomic E-state index is 0.0349. The van der Waals surface area contributed by atoms with Gasteiger partial charge in [0.05, 0.1) is 15.2 Å². The third-order valence-corrected chi connectivity index (χ3v) is 4.50. The summed E-state index contributed by atoms with van der Waals surface area (Å²) in [6, 6.07) is 7.83. The topological polar surface area (TPSA) is 12.9 Å². The lowest BCUT2D eigenvalue weighted by Crippen LogP contribution is -2.24. The molecule has 1 heterocycles. The van der Waals surface area contributed by atoms with Gasteiger partial charge >= 0.3 is 0 Å². The Bertz CT molecular complexity index is 502. The van der Waals surface area contributed by atoms with Gasteiger partial charge in [0.1, 0.15) is 0 Å². The molecular formula is C13H13F2NS. The number of para-hydroxylation sites is 1. The van der Waals surface area contributed by atoms with Crippen molar-refractivity contribution in [2.75, 3.05) is 0 Å². The molecule has 0 radical (unpaired) electrons. The van der Waals surface area contributed by atoms with E-state index in [9.17, 15) is 8.78 Å². The van der Waals surface area contributed by atoms with Crippen LogP contribution in [0.3, 0.4) is 0 Å². The highest BCUT2D eigenvalue weighted by molar-refractivity contribution is 7.18. The molecule has 0 bridgehead atoms. The summed E-state index contributed by atoms with van der Waals surface area (Å²) in [5.74, 6) is -2.56. The standard InChI is InChI=1S/C13H13F2NS/c14-13(15)7-3-4-9(8-13)12-16-10-5-1-2-6-11(10)17-12/h1-2,5-6,9H,3-4,7-8H2. The molecule has 4 heteroatoms. The first-order chi connectivity index (χ1) is 8.14. The Morgan fingerprint density at radius 1 is 1.29 bits per heavy atom. The van der Waals surface area contributed by atoms with E-state index in [1.54, 1.807) is 11.3 Å². The Morgan fingerprint density at radius 3 is 2.88 bits per heavy atom. The summed E-state index contributed by atoms with van der Waals surface area (Å²) in [6.45, 7) is 0. The molecule has 90 valence electrons. The van der Waals surface area contributed by atoms with Gasteiger partial charge in [-0.05, 0) is 25.0 Å². The van der Waals surface area contributed by atoms with Crippen LogP contribution in [0.5, 0.6) is 0 Å². The largest absolute Gasteiger partial charge is 0.248 e. The van der Waals surface area contributed by atoms with Crippen LogP contribution in [0.15, 0.2) is 24.3 Å². The summed E-state index contributed by atoms with van der Waals surface area (Å²) in [5.41, 5.74) is 0.932. The number of nitrogens with zero attached hydrogens (tertiary/aromatic N) is 1. The van der Waals surface area contributed by atoms with Crippen molar-refractivity contribution in [2.24, 2.45) is 0 Å². The van der Waals surface area contributed by atoms with E-state index in [4.69, 9.17) is 0 Å². The van der Waals surface area contributed by atoms with Crippen molar-refractivity contribution in [3.63, 3.8) is 0 Å². The molecule has 0 aliphatic heterocycles. The lowest BCUT2D eigenvalue weighted by atomic mass is 9.87. The number of rotatable bonds is 1. The average Bonchev–Trinajstić information content (AvgIpc) is 2.71. The summed E-state index contributed by atoms with van der Waals surface area (Å²) < 4.78 is 27.8. The fourth-order valence-electron chi connectivity index (χ4n) is 2.45. The molecule has 3 rings (SSSR count). The number of halogens is 2. The molecule has 1 aliphatic rings. The number of alkyl halides is 2. The zero-order valence-corrected chi connectivity index (χ0v) is 10.1. The van der Waals surface area contributed by atoms with Crippen molar-refractivity contribution in [1.29, 1.82) is 0 Å². The third kappa shape index (κ3) is 2.18. The van der Waals surface area contributed by atoms with Crippen LogP contribution in [0.2, 0.25) is 0 Å². The van der Waals surface area contributed by atoms with E-state index >= 15 is 0 Å². The number of benzene rings is 1. The van der Waals surface area contributed by atoms with E-state index in [2.05, 4.69) is 4.98 Å². The van der Waals surface area contributed by atoms with E-state index in [-0.39, 0.29) is 18.8 Å². The predicted molar refractivity (Wildman–Crippen MR) is 65.8 cm³/mol. The second kappa shape index (κ2) is 4.02. The lowest BCUT2D eigenvalue weighted by Gasteiger charge is -2.27. The number of fused-ring (bicyclic) bond motifs is 1. The molecule has 1 nitrogen and oxygen atoms in total. The molecule has 0 amide bonds. The molecule has 2 aromatic rings. The molecule has 0 N–H and O–H groups in total. The van der Waals surface area contributed by atoms with Gasteiger partial charge in [0, 0.05) is 18.8 Å². The Balaban J connectivity index is 1.93. The van der Waals surface area contributed by atoms with Gasteiger partial charge in [-0.2, -0.15) is 0 Å². The summed E-state index contributed by atoms with van der Waals surface area (Å²) in [6.07, 6.45) is 1.45. The minimum atomic E-state index is -2.50. The quantitative estimate of drug-likeness (QED) is 0.724. The van der Waals surface area contributed by atoms with Gasteiger partial charge in [-0.3, -0.25) is 0 Å². The molecule has 0 saturated heterocycles. The number of hydrogen-bond donors (Lipinski definition) is 0. The molecular weight excluding hydrogens is 240 g/mol. The van der Waals surface area contributed by atoms with Crippen LogP contribution in [-0.2, 0) is 0 Å². The molecule has 1 atom stereocenters. The lowest BCUT2D eigenvalue weighted by molar-refractivity contribution is -0.0407. The Labute approximate surface area is 102 Å². The third-order valence-electron chi connectivity index (χ3n) is 3.30. The highest BCUT2D eigenvalue weighted by atomic mass is 32.1. The van der Waals surface area contributed by atoms with Gasteiger partial charge in [0.15, 0.2) is 0 Å². The summed E-state index contributed by atoms with van der Waals surface area (Å²) in [4.78, 5) is 4.49. The van der Waals surface area contributed by atoms with Gasteiger partial charge in [-0.25, -0.2) is 13.8 Å². The molecule has 17 heavy (non-hydrogen) atoms. The Morgan fingerprint density at radius 2 is 2.12 bits per heavy atom. The fourth-order valence-corrected chi connectivity index (χ4v) is 3.55. The van der Waals surface area contributed by atoms with E-state index in [0.29, 0.717) is 6.42 Å². The minimum Gasteiger partial charge on any atom is -0.241 e. The molecule has 1 fully saturated rings. The van der Waals surface area contributed by atoms with Crippen molar-refractivity contribution >= 4 is 21.6 Å². The first-order valence-electron chi connectivity index (χ1n) is 5.87. The highest BCUT2D eigenvalue weighted by Crippen LogP contribution is 2.43. The zero-order chi connectivity index (χ0) is 11.9. The molecule has 1 aromatic heterocycles. The van der Waals surface area contributed by atoms with Crippen LogP contribution < -0.4 is 0 Å². The van der Waals surface area contributed by atoms with Crippen LogP contribution >= 0.6 is 11.3 Å². The SMILES string of the molecule is FC1(F)CCCC(c2nc3ccccc3s2)C1. The maximum absolute atomic E-state index is 13.4. The molecule has 1 unspecified atom stereocenters. The number of thiazole rings is 1. The highest BCUT2D eigenvalue weighted by Gasteiger charge is 2.37. The van der Waals surface area contributed by atoms with Crippen LogP contribution in [0, 0.1) is 0 Å². The Hall–Kier alpha value is -1.03. The van der Waals surface area contributed by atoms with Gasteiger partial charge in [0.2, 0.25) is 5.92 Å². The predicted octanol–water partition coefficient (Wildman–Crippen LogP) is 4.59. The van der Waals surface area contributed by atoms with Gasteiger partial charge in [-0.15, -0.1) is 11.3 Å². The molecule has 1 aromatic carbocycles. The van der Waals surface area contributed by atoms with E-state index in [1.807, 2.05) is 24.3 Å². The number of hydrogen-bond acceptors (Lipinski definition) is 2. The van der Waals surface area contributed by atoms with Crippen molar-refractivity contribution in [2.45, 2.75) is 37.5 Å². The molecule has 0 spiro atoms. The second-order valence-electron chi connectivity index (χ2n) is 4.67. The number of aromatic nitrogens is 1. The Kier molecular flexibility index (Phi) is 2.62. The van der Waals surface area contributed by atoms with Crippen molar-refractivity contribution in [1.82, 2.24) is 4.98 Å². The molecule has 1 aliphatic carbocycles. The van der Waals surface area contributed by atoms with Crippen molar-refractivity contribution in [3.05, 3.63) is 29.3 Å². The van der Waals surface area contributed by atoms with E-state index < -0.39 is 5.92 Å². The van der Waals surface area contributed by atoms with Crippen LogP contribution in [0.1, 0.15) is 36.6 Å².